The summed E-state index contributed by atoms with van der Waals surface area (Å²) in [5.74, 6) is 0.935. The van der Waals surface area contributed by atoms with Gasteiger partial charge < -0.3 is 0 Å². The molecule has 1 heterocycles. The predicted octanol–water partition coefficient (Wildman–Crippen LogP) is 4.87. The molecule has 1 nitrogen and oxygen atoms in total. The summed E-state index contributed by atoms with van der Waals surface area (Å²) in [5, 5.41) is 2.23. The number of benzene rings is 2. The summed E-state index contributed by atoms with van der Waals surface area (Å²) in [7, 11) is 0. The second-order valence-corrected chi connectivity index (χ2v) is 4.75. The van der Waals surface area contributed by atoms with Crippen molar-refractivity contribution in [1.82, 2.24) is 4.98 Å². The monoisotopic (exact) mass is 275 g/mol. The number of rotatable bonds is 2. The molecule has 0 saturated heterocycles. The van der Waals surface area contributed by atoms with Gasteiger partial charge in [0.1, 0.15) is 0 Å². The molecule has 1 aromatic heterocycles. The number of nitrogens with zero attached hydrogens (tertiary/aromatic N) is 1. The molecule has 90 valence electrons. The Balaban J connectivity index is 2.42. The van der Waals surface area contributed by atoms with Crippen molar-refractivity contribution in [3.05, 3.63) is 53.6 Å². The van der Waals surface area contributed by atoms with Crippen LogP contribution in [0.3, 0.4) is 0 Å². The zero-order valence-electron chi connectivity index (χ0n) is 9.66. The maximum atomic E-state index is 6.05. The van der Waals surface area contributed by atoms with Crippen LogP contribution in [0.4, 0.5) is 0 Å². The molecule has 18 heavy (non-hydrogen) atoms. The van der Waals surface area contributed by atoms with Crippen LogP contribution in [0, 0.1) is 0 Å². The summed E-state index contributed by atoms with van der Waals surface area (Å²) in [4.78, 5) is 4.66. The third-order valence-electron chi connectivity index (χ3n) is 3.19. The summed E-state index contributed by atoms with van der Waals surface area (Å²) in [6.07, 6.45) is 0. The van der Waals surface area contributed by atoms with Gasteiger partial charge >= 0.3 is 0 Å². The van der Waals surface area contributed by atoms with Gasteiger partial charge in [-0.15, -0.1) is 23.2 Å². The first-order valence-electron chi connectivity index (χ1n) is 5.75. The molecule has 0 bridgehead atoms. The summed E-state index contributed by atoms with van der Waals surface area (Å²) < 4.78 is 0. The number of hydrogen-bond donors (Lipinski definition) is 0. The van der Waals surface area contributed by atoms with Gasteiger partial charge in [0.15, 0.2) is 0 Å². The minimum absolute atomic E-state index is 0.458. The fourth-order valence-electron chi connectivity index (χ4n) is 2.24. The van der Waals surface area contributed by atoms with Gasteiger partial charge in [0.2, 0.25) is 0 Å². The highest BCUT2D eigenvalue weighted by molar-refractivity contribution is 6.20. The van der Waals surface area contributed by atoms with Crippen molar-refractivity contribution in [3.63, 3.8) is 0 Å². The third-order valence-corrected chi connectivity index (χ3v) is 3.74. The number of fused-ring (bicyclic) bond motifs is 2. The number of hydrogen-bond acceptors (Lipinski definition) is 1. The van der Waals surface area contributed by atoms with E-state index in [0.29, 0.717) is 11.8 Å². The van der Waals surface area contributed by atoms with Gasteiger partial charge in [-0.2, -0.15) is 0 Å². The zero-order valence-corrected chi connectivity index (χ0v) is 11.2. The van der Waals surface area contributed by atoms with Gasteiger partial charge in [0, 0.05) is 22.5 Å². The van der Waals surface area contributed by atoms with Gasteiger partial charge in [-0.25, -0.2) is 4.98 Å². The molecule has 0 atom stereocenters. The second kappa shape index (κ2) is 4.75. The Hall–Kier alpha value is -1.31. The second-order valence-electron chi connectivity index (χ2n) is 4.22. The largest absolute Gasteiger partial charge is 0.248 e. The first kappa shape index (κ1) is 11.8. The van der Waals surface area contributed by atoms with Crippen molar-refractivity contribution in [3.8, 4) is 0 Å². The van der Waals surface area contributed by atoms with Crippen LogP contribution in [0.15, 0.2) is 42.5 Å². The molecule has 0 aliphatic heterocycles. The van der Waals surface area contributed by atoms with Gasteiger partial charge in [-0.3, -0.25) is 0 Å². The molecule has 3 heteroatoms. The standard InChI is InChI=1S/C15H11Cl2N/c16-8-11-5-6-15-12(13(11)9-17)7-10-3-1-2-4-14(10)18-15/h1-7H,8-9H2. The Morgan fingerprint density at radius 3 is 2.50 bits per heavy atom. The van der Waals surface area contributed by atoms with Crippen molar-refractivity contribution < 1.29 is 0 Å². The van der Waals surface area contributed by atoms with E-state index in [9.17, 15) is 0 Å². The molecule has 2 aromatic carbocycles. The van der Waals surface area contributed by atoms with E-state index in [0.717, 1.165) is 32.9 Å². The van der Waals surface area contributed by atoms with Crippen LogP contribution in [-0.2, 0) is 11.8 Å². The molecule has 3 aromatic rings. The van der Waals surface area contributed by atoms with Crippen LogP contribution < -0.4 is 0 Å². The minimum atomic E-state index is 0.458. The van der Waals surface area contributed by atoms with E-state index in [1.165, 1.54) is 0 Å². The molecule has 0 aliphatic carbocycles. The minimum Gasteiger partial charge on any atom is -0.248 e. The molecule has 0 unspecified atom stereocenters. The molecule has 0 aliphatic rings. The average molecular weight is 276 g/mol. The molecule has 0 N–H and O–H groups in total. The van der Waals surface area contributed by atoms with E-state index in [1.54, 1.807) is 0 Å². The fraction of sp³-hybridized carbons (Fsp3) is 0.133. The van der Waals surface area contributed by atoms with Crippen molar-refractivity contribution in [1.29, 1.82) is 0 Å². The SMILES string of the molecule is ClCc1ccc2nc3ccccc3cc2c1CCl. The highest BCUT2D eigenvalue weighted by atomic mass is 35.5. The van der Waals surface area contributed by atoms with E-state index in [-0.39, 0.29) is 0 Å². The van der Waals surface area contributed by atoms with Gasteiger partial charge in [-0.1, -0.05) is 24.3 Å². The topological polar surface area (TPSA) is 12.9 Å². The molecule has 3 rings (SSSR count). The van der Waals surface area contributed by atoms with Gasteiger partial charge in [-0.05, 0) is 29.3 Å². The molecular formula is C15H11Cl2N. The molecule has 0 amide bonds. The molecular weight excluding hydrogens is 265 g/mol. The Kier molecular flexibility index (Phi) is 3.11. The number of pyridine rings is 1. The highest BCUT2D eigenvalue weighted by Gasteiger charge is 2.08. The lowest BCUT2D eigenvalue weighted by molar-refractivity contribution is 1.29. The average Bonchev–Trinajstić information content (AvgIpc) is 2.43. The van der Waals surface area contributed by atoms with Crippen molar-refractivity contribution >= 4 is 45.0 Å². The summed E-state index contributed by atoms with van der Waals surface area (Å²) in [5.41, 5.74) is 4.14. The van der Waals surface area contributed by atoms with Crippen molar-refractivity contribution in [2.45, 2.75) is 11.8 Å². The molecule has 0 saturated carbocycles. The molecule has 0 radical (unpaired) electrons. The van der Waals surface area contributed by atoms with E-state index < -0.39 is 0 Å². The quantitative estimate of drug-likeness (QED) is 0.481. The van der Waals surface area contributed by atoms with Gasteiger partial charge in [0.25, 0.3) is 0 Å². The van der Waals surface area contributed by atoms with E-state index >= 15 is 0 Å². The lowest BCUT2D eigenvalue weighted by Gasteiger charge is -2.09. The van der Waals surface area contributed by atoms with Gasteiger partial charge in [0.05, 0.1) is 11.0 Å². The number of alkyl halides is 2. The summed E-state index contributed by atoms with van der Waals surface area (Å²) >= 11 is 12.0. The summed E-state index contributed by atoms with van der Waals surface area (Å²) in [6, 6.07) is 14.3. The smallest absolute Gasteiger partial charge is 0.0713 e. The van der Waals surface area contributed by atoms with Crippen LogP contribution in [0.25, 0.3) is 21.8 Å². The van der Waals surface area contributed by atoms with Crippen molar-refractivity contribution in [2.75, 3.05) is 0 Å². The van der Waals surface area contributed by atoms with Crippen LogP contribution in [0.1, 0.15) is 11.1 Å². The first-order valence-corrected chi connectivity index (χ1v) is 6.82. The predicted molar refractivity (Wildman–Crippen MR) is 78.4 cm³/mol. The lowest BCUT2D eigenvalue weighted by atomic mass is 10.0. The van der Waals surface area contributed by atoms with Crippen molar-refractivity contribution in [2.24, 2.45) is 0 Å². The third kappa shape index (κ3) is 1.84. The highest BCUT2D eigenvalue weighted by Crippen LogP contribution is 2.27. The number of para-hydroxylation sites is 1. The van der Waals surface area contributed by atoms with E-state index in [2.05, 4.69) is 17.1 Å². The van der Waals surface area contributed by atoms with Crippen LogP contribution in [-0.4, -0.2) is 4.98 Å². The Bertz CT molecular complexity index is 722. The zero-order chi connectivity index (χ0) is 12.5. The maximum Gasteiger partial charge on any atom is 0.0713 e. The number of halogens is 2. The fourth-order valence-corrected chi connectivity index (χ4v) is 2.80. The van der Waals surface area contributed by atoms with E-state index in [4.69, 9.17) is 23.2 Å². The molecule has 0 spiro atoms. The van der Waals surface area contributed by atoms with Crippen LogP contribution in [0.2, 0.25) is 0 Å². The van der Waals surface area contributed by atoms with Crippen LogP contribution >= 0.6 is 23.2 Å². The first-order chi connectivity index (χ1) is 8.83. The lowest BCUT2D eigenvalue weighted by Crippen LogP contribution is -1.92. The Morgan fingerprint density at radius 1 is 0.889 bits per heavy atom. The number of aromatic nitrogens is 1. The maximum absolute atomic E-state index is 6.05. The Labute approximate surface area is 115 Å². The summed E-state index contributed by atoms with van der Waals surface area (Å²) in [6.45, 7) is 0. The molecule has 0 fully saturated rings. The normalized spacial score (nSPS) is 11.2. The Morgan fingerprint density at radius 2 is 1.72 bits per heavy atom. The van der Waals surface area contributed by atoms with E-state index in [1.807, 2.05) is 30.3 Å². The van der Waals surface area contributed by atoms with Crippen LogP contribution in [0.5, 0.6) is 0 Å².